The van der Waals surface area contributed by atoms with E-state index in [4.69, 9.17) is 9.47 Å². The highest BCUT2D eigenvalue weighted by atomic mass is 79.9. The van der Waals surface area contributed by atoms with E-state index in [-0.39, 0.29) is 5.78 Å². The molecule has 1 fully saturated rings. The Balaban J connectivity index is 2.27. The van der Waals surface area contributed by atoms with Crippen molar-refractivity contribution in [3.63, 3.8) is 0 Å². The Hall–Kier alpha value is -0.760. The highest BCUT2D eigenvalue weighted by Crippen LogP contribution is 2.31. The van der Waals surface area contributed by atoms with Crippen molar-refractivity contribution in [3.8, 4) is 0 Å². The molecular weight excluding hydrogens is 338 g/mol. The van der Waals surface area contributed by atoms with Gasteiger partial charge < -0.3 is 14.4 Å². The zero-order valence-electron chi connectivity index (χ0n) is 12.8. The molecule has 0 radical (unpaired) electrons. The molecule has 0 aromatic carbocycles. The fourth-order valence-corrected chi connectivity index (χ4v) is 2.97. The van der Waals surface area contributed by atoms with Gasteiger partial charge in [-0.2, -0.15) is 5.10 Å². The molecular formula is C14H22BrN3O3. The Morgan fingerprint density at radius 1 is 1.52 bits per heavy atom. The predicted molar refractivity (Wildman–Crippen MR) is 82.6 cm³/mol. The Labute approximate surface area is 133 Å². The lowest BCUT2D eigenvalue weighted by Crippen LogP contribution is -2.46. The van der Waals surface area contributed by atoms with Crippen LogP contribution in [0.3, 0.4) is 0 Å². The molecule has 0 aliphatic carbocycles. The lowest BCUT2D eigenvalue weighted by atomic mass is 9.87. The summed E-state index contributed by atoms with van der Waals surface area (Å²) in [6, 6.07) is 0. The summed E-state index contributed by atoms with van der Waals surface area (Å²) in [7, 11) is 5.59. The Kier molecular flexibility index (Phi) is 5.54. The predicted octanol–water partition coefficient (Wildman–Crippen LogP) is 1.59. The van der Waals surface area contributed by atoms with Gasteiger partial charge >= 0.3 is 0 Å². The van der Waals surface area contributed by atoms with Crippen molar-refractivity contribution in [1.82, 2.24) is 14.7 Å². The first kappa shape index (κ1) is 16.6. The van der Waals surface area contributed by atoms with Gasteiger partial charge in [-0.05, 0) is 30.0 Å². The average molecular weight is 360 g/mol. The average Bonchev–Trinajstić information content (AvgIpc) is 2.86. The Bertz CT molecular complexity index is 496. The van der Waals surface area contributed by atoms with Crippen molar-refractivity contribution >= 4 is 21.7 Å². The van der Waals surface area contributed by atoms with Crippen LogP contribution in [-0.4, -0.2) is 67.0 Å². The molecule has 1 aromatic heterocycles. The highest BCUT2D eigenvalue weighted by molar-refractivity contribution is 9.10. The lowest BCUT2D eigenvalue weighted by molar-refractivity contribution is -0.0668. The largest absolute Gasteiger partial charge is 0.381 e. The van der Waals surface area contributed by atoms with Crippen LogP contribution < -0.4 is 0 Å². The third kappa shape index (κ3) is 3.53. The van der Waals surface area contributed by atoms with Crippen molar-refractivity contribution in [1.29, 1.82) is 0 Å². The minimum atomic E-state index is -0.795. The zero-order valence-corrected chi connectivity index (χ0v) is 14.4. The van der Waals surface area contributed by atoms with Gasteiger partial charge in [0.1, 0.15) is 11.3 Å². The van der Waals surface area contributed by atoms with Crippen molar-refractivity contribution in [3.05, 3.63) is 16.4 Å². The summed E-state index contributed by atoms with van der Waals surface area (Å²) in [6.45, 7) is 2.57. The molecule has 2 rings (SSSR count). The normalized spacial score (nSPS) is 18.1. The molecule has 0 N–H and O–H groups in total. The second-order valence-electron chi connectivity index (χ2n) is 5.51. The molecule has 2 heterocycles. The standard InChI is InChI=1S/C14H22BrN3O3/c1-17(2)6-7-18-12(11(15)10-16-18)13(19)14(20-3)4-8-21-9-5-14/h10H,4-9H2,1-3H3. The summed E-state index contributed by atoms with van der Waals surface area (Å²) in [6.07, 6.45) is 2.83. The Morgan fingerprint density at radius 3 is 2.76 bits per heavy atom. The maximum atomic E-state index is 13.0. The summed E-state index contributed by atoms with van der Waals surface area (Å²) in [5.74, 6) is -0.0172. The minimum absolute atomic E-state index is 0.0172. The van der Waals surface area contributed by atoms with Crippen LogP contribution in [0, 0.1) is 0 Å². The van der Waals surface area contributed by atoms with E-state index in [1.165, 1.54) is 0 Å². The molecule has 6 nitrogen and oxygen atoms in total. The number of halogens is 1. The van der Waals surface area contributed by atoms with Gasteiger partial charge in [-0.15, -0.1) is 0 Å². The quantitative estimate of drug-likeness (QED) is 0.721. The summed E-state index contributed by atoms with van der Waals surface area (Å²) in [5, 5.41) is 4.30. The van der Waals surface area contributed by atoms with Crippen molar-refractivity contribution < 1.29 is 14.3 Å². The second kappa shape index (κ2) is 7.00. The van der Waals surface area contributed by atoms with E-state index in [9.17, 15) is 4.79 Å². The number of hydrogen-bond donors (Lipinski definition) is 0. The van der Waals surface area contributed by atoms with Crippen LogP contribution in [0.1, 0.15) is 23.3 Å². The van der Waals surface area contributed by atoms with E-state index in [0.717, 1.165) is 6.54 Å². The molecule has 0 unspecified atom stereocenters. The molecule has 0 saturated carbocycles. The number of carbonyl (C=O) groups is 1. The first-order valence-electron chi connectivity index (χ1n) is 7.04. The number of carbonyl (C=O) groups excluding carboxylic acids is 1. The van der Waals surface area contributed by atoms with Crippen LogP contribution in [0.25, 0.3) is 0 Å². The highest BCUT2D eigenvalue weighted by Gasteiger charge is 2.42. The number of hydrogen-bond acceptors (Lipinski definition) is 5. The van der Waals surface area contributed by atoms with Gasteiger partial charge in [0.2, 0.25) is 5.78 Å². The summed E-state index contributed by atoms with van der Waals surface area (Å²) in [5.41, 5.74) is -0.211. The van der Waals surface area contributed by atoms with E-state index in [2.05, 4.69) is 25.9 Å². The first-order chi connectivity index (χ1) is 10.00. The monoisotopic (exact) mass is 359 g/mol. The van der Waals surface area contributed by atoms with E-state index >= 15 is 0 Å². The minimum Gasteiger partial charge on any atom is -0.381 e. The maximum absolute atomic E-state index is 13.0. The molecule has 0 atom stereocenters. The molecule has 1 aromatic rings. The number of ketones is 1. The lowest BCUT2D eigenvalue weighted by Gasteiger charge is -2.34. The molecule has 1 saturated heterocycles. The summed E-state index contributed by atoms with van der Waals surface area (Å²) < 4.78 is 13.4. The van der Waals surface area contributed by atoms with Crippen LogP contribution in [0.2, 0.25) is 0 Å². The van der Waals surface area contributed by atoms with Gasteiger partial charge in [0.25, 0.3) is 0 Å². The third-order valence-electron chi connectivity index (χ3n) is 3.87. The molecule has 21 heavy (non-hydrogen) atoms. The number of Topliss-reactive ketones (excluding diaryl/α,β-unsaturated/α-hetero) is 1. The van der Waals surface area contributed by atoms with Gasteiger partial charge in [0, 0.05) is 39.7 Å². The zero-order chi connectivity index (χ0) is 15.5. The van der Waals surface area contributed by atoms with Crippen molar-refractivity contribution in [2.75, 3.05) is 41.0 Å². The van der Waals surface area contributed by atoms with Crippen molar-refractivity contribution in [2.45, 2.75) is 25.0 Å². The molecule has 1 aliphatic heterocycles. The topological polar surface area (TPSA) is 56.6 Å². The number of nitrogens with zero attached hydrogens (tertiary/aromatic N) is 3. The van der Waals surface area contributed by atoms with Crippen LogP contribution >= 0.6 is 15.9 Å². The van der Waals surface area contributed by atoms with Gasteiger partial charge in [-0.3, -0.25) is 9.48 Å². The first-order valence-corrected chi connectivity index (χ1v) is 7.83. The summed E-state index contributed by atoms with van der Waals surface area (Å²) in [4.78, 5) is 15.1. The molecule has 0 bridgehead atoms. The number of rotatable bonds is 6. The number of likely N-dealkylation sites (N-methyl/N-ethyl adjacent to an activating group) is 1. The fraction of sp³-hybridized carbons (Fsp3) is 0.714. The van der Waals surface area contributed by atoms with Crippen LogP contribution in [0.4, 0.5) is 0 Å². The van der Waals surface area contributed by atoms with E-state index in [1.807, 2.05) is 14.1 Å². The van der Waals surface area contributed by atoms with Crippen molar-refractivity contribution in [2.24, 2.45) is 0 Å². The SMILES string of the molecule is COC1(C(=O)c2c(Br)cnn2CCN(C)C)CCOCC1. The second-order valence-corrected chi connectivity index (χ2v) is 6.36. The van der Waals surface area contributed by atoms with Crippen LogP contribution in [0.5, 0.6) is 0 Å². The summed E-state index contributed by atoms with van der Waals surface area (Å²) >= 11 is 3.44. The molecule has 0 amide bonds. The molecule has 1 aliphatic rings. The van der Waals surface area contributed by atoms with E-state index < -0.39 is 5.60 Å². The fourth-order valence-electron chi connectivity index (χ4n) is 2.49. The third-order valence-corrected chi connectivity index (χ3v) is 4.45. The maximum Gasteiger partial charge on any atom is 0.213 e. The van der Waals surface area contributed by atoms with Crippen LogP contribution in [-0.2, 0) is 16.0 Å². The Morgan fingerprint density at radius 2 is 2.19 bits per heavy atom. The number of aromatic nitrogens is 2. The molecule has 7 heteroatoms. The smallest absolute Gasteiger partial charge is 0.213 e. The van der Waals surface area contributed by atoms with Gasteiger partial charge in [-0.25, -0.2) is 0 Å². The van der Waals surface area contributed by atoms with Crippen LogP contribution in [0.15, 0.2) is 10.7 Å². The van der Waals surface area contributed by atoms with E-state index in [0.29, 0.717) is 42.8 Å². The number of methoxy groups -OCH3 is 1. The van der Waals surface area contributed by atoms with E-state index in [1.54, 1.807) is 18.0 Å². The molecule has 118 valence electrons. The van der Waals surface area contributed by atoms with Gasteiger partial charge in [0.05, 0.1) is 17.2 Å². The van der Waals surface area contributed by atoms with Gasteiger partial charge in [0.15, 0.2) is 0 Å². The molecule has 0 spiro atoms. The van der Waals surface area contributed by atoms with Gasteiger partial charge in [-0.1, -0.05) is 0 Å². The number of ether oxygens (including phenoxy) is 2.